The number of halogens is 2. The van der Waals surface area contributed by atoms with E-state index in [-0.39, 0.29) is 26.8 Å². The molecule has 0 aliphatic rings. The van der Waals surface area contributed by atoms with Crippen LogP contribution < -0.4 is 4.74 Å². The summed E-state index contributed by atoms with van der Waals surface area (Å²) in [6.07, 6.45) is 0. The molecule has 0 unspecified atom stereocenters. The lowest BCUT2D eigenvalue weighted by Crippen LogP contribution is -2.06. The van der Waals surface area contributed by atoms with Gasteiger partial charge in [0.15, 0.2) is 5.78 Å². The molecule has 0 heterocycles. The first-order valence-corrected chi connectivity index (χ1v) is 6.03. The minimum Gasteiger partial charge on any atom is -0.497 e. The predicted octanol–water partition coefficient (Wildman–Crippen LogP) is 2.94. The molecule has 0 saturated carbocycles. The summed E-state index contributed by atoms with van der Waals surface area (Å²) in [7, 11) is 1.43. The van der Waals surface area contributed by atoms with E-state index in [1.54, 1.807) is 0 Å². The molecule has 0 radical (unpaired) electrons. The Balaban J connectivity index is 3.46. The first-order valence-electron chi connectivity index (χ1n) is 4.12. The Morgan fingerprint density at radius 1 is 1.56 bits per heavy atom. The van der Waals surface area contributed by atoms with Gasteiger partial charge < -0.3 is 4.74 Å². The molecule has 0 N–H and O–H groups in total. The van der Waals surface area contributed by atoms with Crippen LogP contribution in [-0.2, 0) is 0 Å². The van der Waals surface area contributed by atoms with Gasteiger partial charge in [0.2, 0.25) is 0 Å². The predicted molar refractivity (Wildman–Crippen MR) is 65.5 cm³/mol. The fourth-order valence-electron chi connectivity index (χ4n) is 1.16. The highest BCUT2D eigenvalue weighted by Gasteiger charge is 2.24. The number of alkyl halides is 1. The first-order chi connectivity index (χ1) is 7.51. The third-order valence-electron chi connectivity index (χ3n) is 1.88. The van der Waals surface area contributed by atoms with Gasteiger partial charge in [-0.25, -0.2) is 0 Å². The SMILES string of the molecule is COc1cc(Br)c([N+](=O)[O-])c(C(=O)CBr)c1. The van der Waals surface area contributed by atoms with Crippen LogP contribution in [0.4, 0.5) is 5.69 Å². The van der Waals surface area contributed by atoms with Crippen molar-refractivity contribution in [3.63, 3.8) is 0 Å². The average molecular weight is 353 g/mol. The summed E-state index contributed by atoms with van der Waals surface area (Å²) in [4.78, 5) is 21.8. The Labute approximate surface area is 108 Å². The molecule has 0 aromatic heterocycles. The van der Waals surface area contributed by atoms with Crippen LogP contribution in [0, 0.1) is 10.1 Å². The quantitative estimate of drug-likeness (QED) is 0.361. The number of hydrogen-bond acceptors (Lipinski definition) is 4. The van der Waals surface area contributed by atoms with Crippen LogP contribution >= 0.6 is 31.9 Å². The zero-order chi connectivity index (χ0) is 12.3. The molecular formula is C9H7Br2NO4. The number of methoxy groups -OCH3 is 1. The van der Waals surface area contributed by atoms with E-state index < -0.39 is 4.92 Å². The Hall–Kier alpha value is -0.950. The van der Waals surface area contributed by atoms with Crippen molar-refractivity contribution in [1.82, 2.24) is 0 Å². The van der Waals surface area contributed by atoms with E-state index in [2.05, 4.69) is 31.9 Å². The van der Waals surface area contributed by atoms with Crippen molar-refractivity contribution in [3.8, 4) is 5.75 Å². The van der Waals surface area contributed by atoms with Crippen molar-refractivity contribution < 1.29 is 14.5 Å². The van der Waals surface area contributed by atoms with E-state index in [0.29, 0.717) is 5.75 Å². The number of carbonyl (C=O) groups is 1. The van der Waals surface area contributed by atoms with Crippen molar-refractivity contribution in [2.24, 2.45) is 0 Å². The zero-order valence-corrected chi connectivity index (χ0v) is 11.4. The molecule has 0 saturated heterocycles. The van der Waals surface area contributed by atoms with Crippen LogP contribution in [0.15, 0.2) is 16.6 Å². The van der Waals surface area contributed by atoms with Gasteiger partial charge in [0, 0.05) is 6.07 Å². The Kier molecular flexibility index (Phi) is 4.43. The van der Waals surface area contributed by atoms with E-state index in [9.17, 15) is 14.9 Å². The van der Waals surface area contributed by atoms with Gasteiger partial charge in [0.25, 0.3) is 5.69 Å². The van der Waals surface area contributed by atoms with Gasteiger partial charge in [-0.2, -0.15) is 0 Å². The van der Waals surface area contributed by atoms with Crippen molar-refractivity contribution in [2.75, 3.05) is 12.4 Å². The molecule has 0 bridgehead atoms. The van der Waals surface area contributed by atoms with Crippen LogP contribution in [0.1, 0.15) is 10.4 Å². The van der Waals surface area contributed by atoms with E-state index >= 15 is 0 Å². The normalized spacial score (nSPS) is 9.94. The number of nitro benzene ring substituents is 1. The summed E-state index contributed by atoms with van der Waals surface area (Å²) in [5.41, 5.74) is -0.224. The lowest BCUT2D eigenvalue weighted by Gasteiger charge is -2.05. The van der Waals surface area contributed by atoms with Crippen LogP contribution in [0.5, 0.6) is 5.75 Å². The standard InChI is InChI=1S/C9H7Br2NO4/c1-16-5-2-6(8(13)4-10)9(12(14)15)7(11)3-5/h2-3H,4H2,1H3. The monoisotopic (exact) mass is 351 g/mol. The highest BCUT2D eigenvalue weighted by atomic mass is 79.9. The lowest BCUT2D eigenvalue weighted by atomic mass is 10.1. The zero-order valence-electron chi connectivity index (χ0n) is 8.20. The van der Waals surface area contributed by atoms with E-state index in [1.165, 1.54) is 19.2 Å². The minimum absolute atomic E-state index is 0.0213. The number of benzene rings is 1. The van der Waals surface area contributed by atoms with Crippen molar-refractivity contribution in [2.45, 2.75) is 0 Å². The van der Waals surface area contributed by atoms with Crippen molar-refractivity contribution in [3.05, 3.63) is 32.3 Å². The van der Waals surface area contributed by atoms with Gasteiger partial charge in [-0.3, -0.25) is 14.9 Å². The molecule has 0 aliphatic carbocycles. The maximum absolute atomic E-state index is 11.5. The van der Waals surface area contributed by atoms with Crippen LogP contribution in [0.25, 0.3) is 0 Å². The number of ether oxygens (including phenoxy) is 1. The Morgan fingerprint density at radius 2 is 2.19 bits per heavy atom. The molecule has 1 rings (SSSR count). The third kappa shape index (κ3) is 2.59. The highest BCUT2D eigenvalue weighted by molar-refractivity contribution is 9.10. The molecule has 5 nitrogen and oxygen atoms in total. The molecule has 0 aliphatic heterocycles. The molecule has 1 aromatic rings. The minimum atomic E-state index is -0.598. The fraction of sp³-hybridized carbons (Fsp3) is 0.222. The van der Waals surface area contributed by atoms with Gasteiger partial charge in [-0.1, -0.05) is 15.9 Å². The second kappa shape index (κ2) is 5.40. The van der Waals surface area contributed by atoms with Crippen molar-refractivity contribution in [1.29, 1.82) is 0 Å². The van der Waals surface area contributed by atoms with E-state index in [4.69, 9.17) is 4.74 Å². The largest absolute Gasteiger partial charge is 0.497 e. The van der Waals surface area contributed by atoms with Crippen LogP contribution in [-0.4, -0.2) is 23.1 Å². The Bertz CT molecular complexity index is 447. The number of carbonyl (C=O) groups excluding carboxylic acids is 1. The second-order valence-corrected chi connectivity index (χ2v) is 4.23. The maximum atomic E-state index is 11.5. The summed E-state index contributed by atoms with van der Waals surface area (Å²) in [6.45, 7) is 0. The molecule has 0 atom stereocenters. The number of rotatable bonds is 4. The summed E-state index contributed by atoms with van der Waals surface area (Å²) in [6, 6.07) is 2.80. The molecule has 0 fully saturated rings. The summed E-state index contributed by atoms with van der Waals surface area (Å²) in [5, 5.41) is 10.9. The number of Topliss-reactive ketones (excluding diaryl/α,β-unsaturated/α-hetero) is 1. The summed E-state index contributed by atoms with van der Waals surface area (Å²) >= 11 is 6.03. The van der Waals surface area contributed by atoms with Crippen LogP contribution in [0.3, 0.4) is 0 Å². The van der Waals surface area contributed by atoms with Crippen molar-refractivity contribution >= 4 is 43.3 Å². The second-order valence-electron chi connectivity index (χ2n) is 2.82. The lowest BCUT2D eigenvalue weighted by molar-refractivity contribution is -0.385. The summed E-state index contributed by atoms with van der Waals surface area (Å²) in [5.74, 6) is 0.0214. The Morgan fingerprint density at radius 3 is 2.62 bits per heavy atom. The number of nitrogens with zero attached hydrogens (tertiary/aromatic N) is 1. The molecule has 16 heavy (non-hydrogen) atoms. The molecule has 1 aromatic carbocycles. The summed E-state index contributed by atoms with van der Waals surface area (Å²) < 4.78 is 5.17. The maximum Gasteiger partial charge on any atom is 0.294 e. The first kappa shape index (κ1) is 13.1. The van der Waals surface area contributed by atoms with Gasteiger partial charge >= 0.3 is 0 Å². The molecule has 7 heteroatoms. The molecule has 0 spiro atoms. The van der Waals surface area contributed by atoms with E-state index in [1.807, 2.05) is 0 Å². The number of ketones is 1. The molecule has 0 amide bonds. The third-order valence-corrected chi connectivity index (χ3v) is 2.99. The molecular weight excluding hydrogens is 346 g/mol. The van der Waals surface area contributed by atoms with Gasteiger partial charge in [0.1, 0.15) is 11.3 Å². The average Bonchev–Trinajstić information content (AvgIpc) is 2.26. The van der Waals surface area contributed by atoms with Gasteiger partial charge in [0.05, 0.1) is 21.8 Å². The smallest absolute Gasteiger partial charge is 0.294 e. The number of hydrogen-bond donors (Lipinski definition) is 0. The fourth-order valence-corrected chi connectivity index (χ4v) is 2.05. The van der Waals surface area contributed by atoms with E-state index in [0.717, 1.165) is 0 Å². The highest BCUT2D eigenvalue weighted by Crippen LogP contribution is 2.33. The topological polar surface area (TPSA) is 69.4 Å². The number of nitro groups is 1. The van der Waals surface area contributed by atoms with Crippen LogP contribution in [0.2, 0.25) is 0 Å². The van der Waals surface area contributed by atoms with Gasteiger partial charge in [-0.15, -0.1) is 0 Å². The molecule has 86 valence electrons. The van der Waals surface area contributed by atoms with Gasteiger partial charge in [-0.05, 0) is 22.0 Å².